The molecule has 3 N–H and O–H groups in total. The number of amides is 1. The predicted octanol–water partition coefficient (Wildman–Crippen LogP) is 2.85. The SMILES string of the molecule is O=C(NCC(O)c1ccsc1)c1cc(Cl)c(Cl)[nH]1. The number of carbonyl (C=O) groups is 1. The van der Waals surface area contributed by atoms with Gasteiger partial charge < -0.3 is 15.4 Å². The number of nitrogens with one attached hydrogen (secondary N) is 2. The van der Waals surface area contributed by atoms with Crippen molar-refractivity contribution in [3.8, 4) is 0 Å². The van der Waals surface area contributed by atoms with Crippen LogP contribution in [0.2, 0.25) is 10.2 Å². The summed E-state index contributed by atoms with van der Waals surface area (Å²) in [5.74, 6) is -0.363. The fourth-order valence-electron chi connectivity index (χ4n) is 1.39. The second-order valence-corrected chi connectivity index (χ2v) is 5.19. The van der Waals surface area contributed by atoms with Gasteiger partial charge in [-0.05, 0) is 28.5 Å². The summed E-state index contributed by atoms with van der Waals surface area (Å²) in [6, 6.07) is 3.25. The predicted molar refractivity (Wildman–Crippen MR) is 72.4 cm³/mol. The van der Waals surface area contributed by atoms with Gasteiger partial charge >= 0.3 is 0 Å². The van der Waals surface area contributed by atoms with Crippen molar-refractivity contribution in [3.63, 3.8) is 0 Å². The van der Waals surface area contributed by atoms with Gasteiger partial charge in [-0.3, -0.25) is 4.79 Å². The second kappa shape index (κ2) is 5.75. The van der Waals surface area contributed by atoms with E-state index in [1.54, 1.807) is 0 Å². The van der Waals surface area contributed by atoms with Gasteiger partial charge in [-0.15, -0.1) is 0 Å². The molecule has 4 nitrogen and oxygen atoms in total. The van der Waals surface area contributed by atoms with Crippen molar-refractivity contribution in [2.24, 2.45) is 0 Å². The zero-order valence-corrected chi connectivity index (χ0v) is 11.4. The number of thiophene rings is 1. The third-order valence-electron chi connectivity index (χ3n) is 2.35. The largest absolute Gasteiger partial charge is 0.387 e. The first-order valence-corrected chi connectivity index (χ1v) is 6.80. The molecule has 0 spiro atoms. The molecule has 1 amide bonds. The number of aliphatic hydroxyl groups is 1. The molecular weight excluding hydrogens is 295 g/mol. The van der Waals surface area contributed by atoms with Gasteiger partial charge in [0.15, 0.2) is 0 Å². The van der Waals surface area contributed by atoms with E-state index in [2.05, 4.69) is 10.3 Å². The fraction of sp³-hybridized carbons (Fsp3) is 0.182. The van der Waals surface area contributed by atoms with E-state index in [4.69, 9.17) is 23.2 Å². The van der Waals surface area contributed by atoms with Crippen LogP contribution in [0.15, 0.2) is 22.9 Å². The Hall–Kier alpha value is -1.01. The lowest BCUT2D eigenvalue weighted by Crippen LogP contribution is -2.28. The van der Waals surface area contributed by atoms with E-state index in [0.29, 0.717) is 5.02 Å². The highest BCUT2D eigenvalue weighted by atomic mass is 35.5. The average Bonchev–Trinajstić information content (AvgIpc) is 2.97. The molecule has 0 saturated heterocycles. The van der Waals surface area contributed by atoms with E-state index in [9.17, 15) is 9.90 Å². The summed E-state index contributed by atoms with van der Waals surface area (Å²) in [7, 11) is 0. The molecule has 0 bridgehead atoms. The number of hydrogen-bond acceptors (Lipinski definition) is 3. The summed E-state index contributed by atoms with van der Waals surface area (Å²) in [6.07, 6.45) is -0.721. The first-order valence-electron chi connectivity index (χ1n) is 5.10. The Bertz CT molecular complexity index is 520. The molecule has 0 aliphatic carbocycles. The summed E-state index contributed by atoms with van der Waals surface area (Å²) >= 11 is 12.9. The van der Waals surface area contributed by atoms with E-state index in [1.165, 1.54) is 17.4 Å². The fourth-order valence-corrected chi connectivity index (χ4v) is 2.41. The van der Waals surface area contributed by atoms with Gasteiger partial charge in [-0.25, -0.2) is 0 Å². The van der Waals surface area contributed by atoms with Crippen molar-refractivity contribution < 1.29 is 9.90 Å². The first-order chi connectivity index (χ1) is 8.58. The lowest BCUT2D eigenvalue weighted by atomic mass is 10.2. The van der Waals surface area contributed by atoms with Crippen molar-refractivity contribution in [1.29, 1.82) is 0 Å². The van der Waals surface area contributed by atoms with Gasteiger partial charge in [0.05, 0.1) is 11.1 Å². The van der Waals surface area contributed by atoms with Crippen molar-refractivity contribution in [3.05, 3.63) is 44.3 Å². The summed E-state index contributed by atoms with van der Waals surface area (Å²) in [6.45, 7) is 0.129. The number of hydrogen-bond donors (Lipinski definition) is 3. The maximum atomic E-state index is 11.7. The molecular formula is C11H10Cl2N2O2S. The van der Waals surface area contributed by atoms with Crippen LogP contribution in [0.5, 0.6) is 0 Å². The van der Waals surface area contributed by atoms with E-state index >= 15 is 0 Å². The zero-order chi connectivity index (χ0) is 13.1. The van der Waals surface area contributed by atoms with Gasteiger partial charge in [0.25, 0.3) is 5.91 Å². The minimum Gasteiger partial charge on any atom is -0.387 e. The molecule has 2 heterocycles. The molecule has 0 aliphatic heterocycles. The maximum Gasteiger partial charge on any atom is 0.267 e. The molecule has 0 fully saturated rings. The number of aromatic amines is 1. The second-order valence-electron chi connectivity index (χ2n) is 3.63. The highest BCUT2D eigenvalue weighted by Gasteiger charge is 2.14. The summed E-state index contributed by atoms with van der Waals surface area (Å²) in [5.41, 5.74) is 1.05. The molecule has 0 radical (unpaired) electrons. The van der Waals surface area contributed by atoms with Gasteiger partial charge in [-0.1, -0.05) is 23.2 Å². The van der Waals surface area contributed by atoms with Crippen LogP contribution < -0.4 is 5.32 Å². The number of halogens is 2. The quantitative estimate of drug-likeness (QED) is 0.813. The number of H-pyrrole nitrogens is 1. The monoisotopic (exact) mass is 304 g/mol. The van der Waals surface area contributed by atoms with Crippen LogP contribution in [-0.2, 0) is 0 Å². The van der Waals surface area contributed by atoms with Crippen molar-refractivity contribution in [1.82, 2.24) is 10.3 Å². The average molecular weight is 305 g/mol. The maximum absolute atomic E-state index is 11.7. The Morgan fingerprint density at radius 2 is 2.33 bits per heavy atom. The Morgan fingerprint density at radius 3 is 2.89 bits per heavy atom. The lowest BCUT2D eigenvalue weighted by Gasteiger charge is -2.09. The van der Waals surface area contributed by atoms with Crippen LogP contribution in [0.4, 0.5) is 0 Å². The number of aromatic nitrogens is 1. The van der Waals surface area contributed by atoms with Crippen LogP contribution in [-0.4, -0.2) is 22.5 Å². The first kappa shape index (κ1) is 13.4. The van der Waals surface area contributed by atoms with Gasteiger partial charge in [0.2, 0.25) is 0 Å². The summed E-state index contributed by atoms with van der Waals surface area (Å²) < 4.78 is 0. The van der Waals surface area contributed by atoms with Crippen molar-refractivity contribution in [2.75, 3.05) is 6.54 Å². The number of aliphatic hydroxyl groups excluding tert-OH is 1. The summed E-state index contributed by atoms with van der Waals surface area (Å²) in [5, 5.41) is 16.6. The highest BCUT2D eigenvalue weighted by Crippen LogP contribution is 2.22. The van der Waals surface area contributed by atoms with Gasteiger partial charge in [0.1, 0.15) is 10.8 Å². The Labute approximate surface area is 118 Å². The Morgan fingerprint density at radius 1 is 1.56 bits per heavy atom. The molecule has 96 valence electrons. The normalized spacial score (nSPS) is 12.4. The van der Waals surface area contributed by atoms with Crippen molar-refractivity contribution >= 4 is 40.4 Å². The van der Waals surface area contributed by atoms with Crippen molar-refractivity contribution in [2.45, 2.75) is 6.10 Å². The van der Waals surface area contributed by atoms with Crippen LogP contribution in [0.3, 0.4) is 0 Å². The standard InChI is InChI=1S/C11H10Cl2N2O2S/c12-7-3-8(15-10(7)13)11(17)14-4-9(16)6-1-2-18-5-6/h1-3,5,9,15-16H,4H2,(H,14,17). The number of rotatable bonds is 4. The van der Waals surface area contributed by atoms with Crippen LogP contribution in [0.1, 0.15) is 22.2 Å². The smallest absolute Gasteiger partial charge is 0.267 e. The highest BCUT2D eigenvalue weighted by molar-refractivity contribution is 7.07. The topological polar surface area (TPSA) is 65.1 Å². The minimum absolute atomic E-state index is 0.129. The van der Waals surface area contributed by atoms with Crippen LogP contribution in [0.25, 0.3) is 0 Å². The summed E-state index contributed by atoms with van der Waals surface area (Å²) in [4.78, 5) is 14.4. The molecule has 1 atom stereocenters. The van der Waals surface area contributed by atoms with E-state index in [-0.39, 0.29) is 23.3 Å². The van der Waals surface area contributed by atoms with E-state index < -0.39 is 6.10 Å². The van der Waals surface area contributed by atoms with Gasteiger partial charge in [-0.2, -0.15) is 11.3 Å². The molecule has 2 aromatic heterocycles. The van der Waals surface area contributed by atoms with E-state index in [0.717, 1.165) is 5.56 Å². The molecule has 0 aromatic carbocycles. The minimum atomic E-state index is -0.721. The van der Waals surface area contributed by atoms with Crippen LogP contribution >= 0.6 is 34.5 Å². The molecule has 0 saturated carbocycles. The molecule has 1 unspecified atom stereocenters. The molecule has 2 aromatic rings. The zero-order valence-electron chi connectivity index (χ0n) is 9.11. The Balaban J connectivity index is 1.92. The van der Waals surface area contributed by atoms with Gasteiger partial charge in [0, 0.05) is 6.54 Å². The van der Waals surface area contributed by atoms with Crippen LogP contribution in [0, 0.1) is 0 Å². The third-order valence-corrected chi connectivity index (χ3v) is 3.75. The van der Waals surface area contributed by atoms with E-state index in [1.807, 2.05) is 16.8 Å². The lowest BCUT2D eigenvalue weighted by molar-refractivity contribution is 0.0912. The third kappa shape index (κ3) is 3.05. The number of carbonyl (C=O) groups excluding carboxylic acids is 1. The molecule has 7 heteroatoms. The molecule has 0 aliphatic rings. The Kier molecular flexibility index (Phi) is 4.29. The molecule has 18 heavy (non-hydrogen) atoms. The molecule has 2 rings (SSSR count).